The molecule has 1 saturated heterocycles. The summed E-state index contributed by atoms with van der Waals surface area (Å²) in [5.74, 6) is 0.784. The van der Waals surface area contributed by atoms with Crippen LogP contribution in [-0.4, -0.2) is 66.7 Å². The van der Waals surface area contributed by atoms with Gasteiger partial charge in [-0.15, -0.1) is 0 Å². The summed E-state index contributed by atoms with van der Waals surface area (Å²) in [6, 6.07) is 25.8. The number of hydrogen-bond acceptors (Lipinski definition) is 5. The molecular formula is C32H36N2O4S. The molecule has 1 N–H and O–H groups in total. The molecule has 204 valence electrons. The van der Waals surface area contributed by atoms with E-state index in [4.69, 9.17) is 4.74 Å². The molecule has 2 fully saturated rings. The van der Waals surface area contributed by atoms with Gasteiger partial charge in [-0.3, -0.25) is 4.90 Å². The summed E-state index contributed by atoms with van der Waals surface area (Å²) in [6.07, 6.45) is 3.20. The van der Waals surface area contributed by atoms with Crippen molar-refractivity contribution in [2.75, 3.05) is 20.1 Å². The van der Waals surface area contributed by atoms with Crippen molar-refractivity contribution in [2.24, 2.45) is 0 Å². The van der Waals surface area contributed by atoms with Crippen molar-refractivity contribution in [1.82, 2.24) is 9.21 Å². The molecular weight excluding hydrogens is 508 g/mol. The Kier molecular flexibility index (Phi) is 5.94. The monoisotopic (exact) mass is 544 g/mol. The lowest BCUT2D eigenvalue weighted by atomic mass is 9.48. The number of aliphatic hydroxyl groups is 1. The minimum atomic E-state index is -3.59. The van der Waals surface area contributed by atoms with Gasteiger partial charge in [0, 0.05) is 25.2 Å². The fourth-order valence-corrected chi connectivity index (χ4v) is 9.67. The van der Waals surface area contributed by atoms with E-state index in [1.54, 1.807) is 11.4 Å². The van der Waals surface area contributed by atoms with Crippen LogP contribution in [0.3, 0.4) is 0 Å². The van der Waals surface area contributed by atoms with Gasteiger partial charge in [0.05, 0.1) is 22.8 Å². The Bertz CT molecular complexity index is 1480. The van der Waals surface area contributed by atoms with Crippen molar-refractivity contribution < 1.29 is 18.3 Å². The Balaban J connectivity index is 1.23. The number of sulfonamides is 1. The second-order valence-corrected chi connectivity index (χ2v) is 13.9. The fraction of sp³-hybridized carbons (Fsp3) is 0.438. The molecule has 6 nitrogen and oxygen atoms in total. The first kappa shape index (κ1) is 25.3. The van der Waals surface area contributed by atoms with E-state index in [-0.39, 0.29) is 17.8 Å². The van der Waals surface area contributed by atoms with Crippen LogP contribution >= 0.6 is 0 Å². The van der Waals surface area contributed by atoms with Crippen LogP contribution in [0, 0.1) is 0 Å². The van der Waals surface area contributed by atoms with Crippen molar-refractivity contribution >= 4 is 10.0 Å². The largest absolute Gasteiger partial charge is 0.487 e. The topological polar surface area (TPSA) is 70.1 Å². The van der Waals surface area contributed by atoms with E-state index in [1.807, 2.05) is 48.5 Å². The van der Waals surface area contributed by atoms with Crippen molar-refractivity contribution in [3.63, 3.8) is 0 Å². The van der Waals surface area contributed by atoms with Gasteiger partial charge in [-0.1, -0.05) is 72.8 Å². The predicted molar refractivity (Wildman–Crippen MR) is 151 cm³/mol. The first-order valence-corrected chi connectivity index (χ1v) is 15.7. The van der Waals surface area contributed by atoms with E-state index in [9.17, 15) is 13.5 Å². The minimum absolute atomic E-state index is 0.0194. The van der Waals surface area contributed by atoms with Crippen molar-refractivity contribution in [3.05, 3.63) is 101 Å². The summed E-state index contributed by atoms with van der Waals surface area (Å²) >= 11 is 0. The minimum Gasteiger partial charge on any atom is -0.487 e. The molecule has 1 saturated carbocycles. The third-order valence-electron chi connectivity index (χ3n) is 10.1. The van der Waals surface area contributed by atoms with Crippen molar-refractivity contribution in [1.29, 1.82) is 0 Å². The average molecular weight is 545 g/mol. The molecule has 5 atom stereocenters. The predicted octanol–water partition coefficient (Wildman–Crippen LogP) is 3.91. The second-order valence-electron chi connectivity index (χ2n) is 11.8. The molecule has 0 radical (unpaired) electrons. The van der Waals surface area contributed by atoms with Gasteiger partial charge >= 0.3 is 0 Å². The van der Waals surface area contributed by atoms with Crippen LogP contribution in [0.5, 0.6) is 5.75 Å². The molecule has 7 heteroatoms. The maximum absolute atomic E-state index is 13.6. The highest BCUT2D eigenvalue weighted by molar-refractivity contribution is 7.88. The highest BCUT2D eigenvalue weighted by Crippen LogP contribution is 2.64. The number of piperidine rings is 1. The molecule has 1 spiro atoms. The third-order valence-corrected chi connectivity index (χ3v) is 11.9. The molecule has 2 aliphatic heterocycles. The van der Waals surface area contributed by atoms with Crippen LogP contribution in [0.15, 0.2) is 78.9 Å². The van der Waals surface area contributed by atoms with Gasteiger partial charge in [-0.2, -0.15) is 4.31 Å². The summed E-state index contributed by atoms with van der Waals surface area (Å²) in [5.41, 5.74) is 2.88. The van der Waals surface area contributed by atoms with E-state index < -0.39 is 27.1 Å². The Morgan fingerprint density at radius 3 is 2.44 bits per heavy atom. The van der Waals surface area contributed by atoms with E-state index in [0.717, 1.165) is 49.2 Å². The third kappa shape index (κ3) is 3.74. The van der Waals surface area contributed by atoms with E-state index in [1.165, 1.54) is 11.1 Å². The van der Waals surface area contributed by atoms with Crippen LogP contribution in [-0.2, 0) is 34.0 Å². The smallest absolute Gasteiger partial charge is 0.218 e. The molecule has 3 aromatic carbocycles. The zero-order valence-corrected chi connectivity index (χ0v) is 23.2. The van der Waals surface area contributed by atoms with E-state index >= 15 is 0 Å². The molecule has 7 rings (SSSR count). The van der Waals surface area contributed by atoms with Gasteiger partial charge in [0.1, 0.15) is 11.9 Å². The first-order valence-electron chi connectivity index (χ1n) is 14.1. The average Bonchev–Trinajstić information content (AvgIpc) is 3.28. The van der Waals surface area contributed by atoms with E-state index in [0.29, 0.717) is 12.8 Å². The number of benzene rings is 3. The lowest BCUT2D eigenvalue weighted by Crippen LogP contribution is -2.78. The van der Waals surface area contributed by atoms with Gasteiger partial charge < -0.3 is 9.84 Å². The highest BCUT2D eigenvalue weighted by Gasteiger charge is 2.73. The summed E-state index contributed by atoms with van der Waals surface area (Å²) in [6.45, 7) is 1.75. The van der Waals surface area contributed by atoms with Crippen molar-refractivity contribution in [2.45, 2.75) is 67.1 Å². The SMILES string of the molecule is CN(C1CC[C@@]2(O)[C@H]3Cc4cccc5c4[C@@]2(CCN3CCc2ccccc2)C1O5)S(=O)(=O)Cc1ccccc1. The Morgan fingerprint density at radius 2 is 1.69 bits per heavy atom. The summed E-state index contributed by atoms with van der Waals surface area (Å²) in [4.78, 5) is 2.49. The summed E-state index contributed by atoms with van der Waals surface area (Å²) in [5, 5.41) is 12.7. The molecule has 2 heterocycles. The van der Waals surface area contributed by atoms with Gasteiger partial charge in [0.15, 0.2) is 0 Å². The van der Waals surface area contributed by atoms with Crippen LogP contribution < -0.4 is 4.74 Å². The number of rotatable bonds is 7. The summed E-state index contributed by atoms with van der Waals surface area (Å²) in [7, 11) is -1.89. The molecule has 2 bridgehead atoms. The van der Waals surface area contributed by atoms with Crippen LogP contribution in [0.2, 0.25) is 0 Å². The standard InChI is InChI=1S/C32H36N2O4S/c1-33(39(36,37)22-24-11-6-3-7-12-24)26-15-17-32(35)28-21-25-13-8-14-27-29(25)31(32,30(26)38-27)18-20-34(28)19-16-23-9-4-2-5-10-23/h2-14,26,28,30,35H,15-22H2,1H3/t26?,28-,30?,31+,32-/m1/s1. The zero-order chi connectivity index (χ0) is 26.8. The van der Waals surface area contributed by atoms with Crippen LogP contribution in [0.1, 0.15) is 41.5 Å². The molecule has 2 aliphatic carbocycles. The maximum atomic E-state index is 13.6. The molecule has 2 unspecified atom stereocenters. The number of nitrogens with zero attached hydrogens (tertiary/aromatic N) is 2. The first-order chi connectivity index (χ1) is 18.8. The normalized spacial score (nSPS) is 31.1. The number of likely N-dealkylation sites (tertiary alicyclic amines) is 1. The van der Waals surface area contributed by atoms with Crippen LogP contribution in [0.4, 0.5) is 0 Å². The quantitative estimate of drug-likeness (QED) is 0.489. The molecule has 0 amide bonds. The van der Waals surface area contributed by atoms with E-state index in [2.05, 4.69) is 35.2 Å². The lowest BCUT2D eigenvalue weighted by molar-refractivity contribution is -0.195. The number of likely N-dealkylation sites (N-methyl/N-ethyl adjacent to an activating group) is 1. The maximum Gasteiger partial charge on any atom is 0.218 e. The molecule has 0 aromatic heterocycles. The Hall–Kier alpha value is -2.71. The summed E-state index contributed by atoms with van der Waals surface area (Å²) < 4.78 is 35.5. The number of ether oxygens (including phenoxy) is 1. The zero-order valence-electron chi connectivity index (χ0n) is 22.4. The van der Waals surface area contributed by atoms with Crippen molar-refractivity contribution in [3.8, 4) is 5.75 Å². The molecule has 4 aliphatic rings. The van der Waals surface area contributed by atoms with Gasteiger partial charge in [0.2, 0.25) is 10.0 Å². The molecule has 39 heavy (non-hydrogen) atoms. The fourth-order valence-electron chi connectivity index (χ4n) is 8.23. The van der Waals surface area contributed by atoms with Gasteiger partial charge in [-0.25, -0.2) is 8.42 Å². The second kappa shape index (κ2) is 9.16. The molecule has 3 aromatic rings. The Morgan fingerprint density at radius 1 is 0.974 bits per heavy atom. The van der Waals surface area contributed by atoms with Gasteiger partial charge in [-0.05, 0) is 61.4 Å². The Labute approximate surface area is 231 Å². The number of hydrogen-bond donors (Lipinski definition) is 1. The van der Waals surface area contributed by atoms with Gasteiger partial charge in [0.25, 0.3) is 0 Å². The lowest BCUT2D eigenvalue weighted by Gasteiger charge is -2.64. The highest BCUT2D eigenvalue weighted by atomic mass is 32.2. The van der Waals surface area contributed by atoms with Crippen LogP contribution in [0.25, 0.3) is 0 Å².